The number of nitrogens with one attached hydrogen (secondary N) is 2. The maximum atomic E-state index is 11.7. The molecule has 1 aromatic carbocycles. The summed E-state index contributed by atoms with van der Waals surface area (Å²) in [6, 6.07) is 9.40. The lowest BCUT2D eigenvalue weighted by Crippen LogP contribution is -2.14. The van der Waals surface area contributed by atoms with E-state index in [1.807, 2.05) is 31.2 Å². The molecule has 2 N–H and O–H groups in total. The Labute approximate surface area is 128 Å². The number of pyridine rings is 1. The molecule has 1 aromatic heterocycles. The molecule has 108 valence electrons. The first-order chi connectivity index (χ1) is 10.1. The van der Waals surface area contributed by atoms with Crippen molar-refractivity contribution in [3.05, 3.63) is 47.1 Å². The van der Waals surface area contributed by atoms with Gasteiger partial charge >= 0.3 is 0 Å². The first-order valence-electron chi connectivity index (χ1n) is 6.92. The van der Waals surface area contributed by atoms with E-state index in [-0.39, 0.29) is 11.8 Å². The summed E-state index contributed by atoms with van der Waals surface area (Å²) < 4.78 is 0. The Morgan fingerprint density at radius 3 is 2.76 bits per heavy atom. The third-order valence-corrected chi connectivity index (χ3v) is 3.92. The number of hydrogen-bond acceptors (Lipinski definition) is 3. The summed E-state index contributed by atoms with van der Waals surface area (Å²) in [6.07, 6.45) is 3.67. The van der Waals surface area contributed by atoms with Gasteiger partial charge in [0.2, 0.25) is 5.91 Å². The van der Waals surface area contributed by atoms with Crippen LogP contribution in [0.4, 0.5) is 17.2 Å². The van der Waals surface area contributed by atoms with Crippen molar-refractivity contribution in [1.82, 2.24) is 4.98 Å². The number of rotatable bonds is 4. The molecule has 1 fully saturated rings. The molecule has 0 spiro atoms. The van der Waals surface area contributed by atoms with Gasteiger partial charge in [-0.15, -0.1) is 0 Å². The molecule has 1 aliphatic carbocycles. The van der Waals surface area contributed by atoms with Gasteiger partial charge in [-0.05, 0) is 49.6 Å². The van der Waals surface area contributed by atoms with Crippen molar-refractivity contribution in [3.63, 3.8) is 0 Å². The van der Waals surface area contributed by atoms with E-state index < -0.39 is 0 Å². The third kappa shape index (κ3) is 3.34. The van der Waals surface area contributed by atoms with Crippen molar-refractivity contribution in [3.8, 4) is 0 Å². The van der Waals surface area contributed by atoms with Crippen LogP contribution in [0.5, 0.6) is 0 Å². The predicted molar refractivity (Wildman–Crippen MR) is 85.1 cm³/mol. The number of carbonyl (C=O) groups excluding carboxylic acids is 1. The second-order valence-electron chi connectivity index (χ2n) is 5.23. The van der Waals surface area contributed by atoms with E-state index in [0.717, 1.165) is 34.8 Å². The maximum Gasteiger partial charge on any atom is 0.228 e. The molecule has 0 unspecified atom stereocenters. The van der Waals surface area contributed by atoms with Gasteiger partial charge in [0.25, 0.3) is 0 Å². The van der Waals surface area contributed by atoms with Crippen molar-refractivity contribution in [2.45, 2.75) is 19.8 Å². The standard InChI is InChI=1S/C16H16ClN3O/c1-10-13(17)3-2-4-14(10)19-12-7-8-15(18-9-12)20-16(21)11-5-6-11/h2-4,7-9,11,19H,5-6H2,1H3,(H,18,20,21). The fourth-order valence-electron chi connectivity index (χ4n) is 2.01. The van der Waals surface area contributed by atoms with Gasteiger partial charge in [0, 0.05) is 16.6 Å². The number of benzene rings is 1. The van der Waals surface area contributed by atoms with Gasteiger partial charge in [-0.1, -0.05) is 17.7 Å². The minimum absolute atomic E-state index is 0.0638. The number of amides is 1. The average Bonchev–Trinajstić information content (AvgIpc) is 3.30. The summed E-state index contributed by atoms with van der Waals surface area (Å²) in [7, 11) is 0. The maximum absolute atomic E-state index is 11.7. The van der Waals surface area contributed by atoms with Gasteiger partial charge in [-0.3, -0.25) is 4.79 Å². The molecule has 1 heterocycles. The number of hydrogen-bond donors (Lipinski definition) is 2. The quantitative estimate of drug-likeness (QED) is 0.892. The lowest BCUT2D eigenvalue weighted by molar-refractivity contribution is -0.117. The molecule has 0 radical (unpaired) electrons. The van der Waals surface area contributed by atoms with E-state index >= 15 is 0 Å². The van der Waals surface area contributed by atoms with Gasteiger partial charge in [0.15, 0.2) is 0 Å². The molecule has 1 saturated carbocycles. The molecule has 4 nitrogen and oxygen atoms in total. The molecular weight excluding hydrogens is 286 g/mol. The van der Waals surface area contributed by atoms with Gasteiger partial charge < -0.3 is 10.6 Å². The average molecular weight is 302 g/mol. The lowest BCUT2D eigenvalue weighted by Gasteiger charge is -2.11. The molecule has 0 atom stereocenters. The third-order valence-electron chi connectivity index (χ3n) is 3.51. The van der Waals surface area contributed by atoms with E-state index in [9.17, 15) is 4.79 Å². The Balaban J connectivity index is 1.69. The smallest absolute Gasteiger partial charge is 0.228 e. The highest BCUT2D eigenvalue weighted by atomic mass is 35.5. The summed E-state index contributed by atoms with van der Waals surface area (Å²) in [5.74, 6) is 0.827. The van der Waals surface area contributed by atoms with E-state index in [1.54, 1.807) is 12.3 Å². The highest BCUT2D eigenvalue weighted by Crippen LogP contribution is 2.30. The van der Waals surface area contributed by atoms with Crippen LogP contribution in [-0.4, -0.2) is 10.9 Å². The Kier molecular flexibility index (Phi) is 3.80. The topological polar surface area (TPSA) is 54.0 Å². The summed E-state index contributed by atoms with van der Waals surface area (Å²) >= 11 is 6.09. The molecule has 21 heavy (non-hydrogen) atoms. The van der Waals surface area contributed by atoms with Crippen LogP contribution in [0.25, 0.3) is 0 Å². The Morgan fingerprint density at radius 1 is 1.29 bits per heavy atom. The molecule has 5 heteroatoms. The normalized spacial score (nSPS) is 13.8. The molecule has 1 aliphatic rings. The number of anilines is 3. The number of nitrogens with zero attached hydrogens (tertiary/aromatic N) is 1. The predicted octanol–water partition coefficient (Wildman–Crippen LogP) is 4.14. The van der Waals surface area contributed by atoms with Crippen LogP contribution >= 0.6 is 11.6 Å². The summed E-state index contributed by atoms with van der Waals surface area (Å²) in [5.41, 5.74) is 2.79. The number of halogens is 1. The highest BCUT2D eigenvalue weighted by Gasteiger charge is 2.29. The Hall–Kier alpha value is -2.07. The fraction of sp³-hybridized carbons (Fsp3) is 0.250. The Morgan fingerprint density at radius 2 is 2.10 bits per heavy atom. The van der Waals surface area contributed by atoms with E-state index in [4.69, 9.17) is 11.6 Å². The number of carbonyl (C=O) groups is 1. The largest absolute Gasteiger partial charge is 0.354 e. The van der Waals surface area contributed by atoms with Gasteiger partial charge in [-0.25, -0.2) is 4.98 Å². The zero-order valence-electron chi connectivity index (χ0n) is 11.7. The minimum Gasteiger partial charge on any atom is -0.354 e. The molecule has 1 amide bonds. The zero-order valence-corrected chi connectivity index (χ0v) is 12.4. The summed E-state index contributed by atoms with van der Waals surface area (Å²) in [5, 5.41) is 6.81. The zero-order chi connectivity index (χ0) is 14.8. The second kappa shape index (κ2) is 5.74. The van der Waals surface area contributed by atoms with E-state index in [0.29, 0.717) is 5.82 Å². The van der Waals surface area contributed by atoms with Crippen LogP contribution in [0, 0.1) is 12.8 Å². The SMILES string of the molecule is Cc1c(Cl)cccc1Nc1ccc(NC(=O)C2CC2)nc1. The van der Waals surface area contributed by atoms with Crippen molar-refractivity contribution in [2.75, 3.05) is 10.6 Å². The number of aromatic nitrogens is 1. The van der Waals surface area contributed by atoms with Crippen molar-refractivity contribution >= 4 is 34.7 Å². The second-order valence-corrected chi connectivity index (χ2v) is 5.64. The first-order valence-corrected chi connectivity index (χ1v) is 7.30. The molecule has 2 aromatic rings. The van der Waals surface area contributed by atoms with E-state index in [2.05, 4.69) is 15.6 Å². The highest BCUT2D eigenvalue weighted by molar-refractivity contribution is 6.31. The van der Waals surface area contributed by atoms with Crippen LogP contribution in [0.15, 0.2) is 36.5 Å². The first kappa shape index (κ1) is 13.9. The Bertz CT molecular complexity index is 666. The molecular formula is C16H16ClN3O. The molecule has 0 bridgehead atoms. The van der Waals surface area contributed by atoms with Gasteiger partial charge in [0.1, 0.15) is 5.82 Å². The monoisotopic (exact) mass is 301 g/mol. The van der Waals surface area contributed by atoms with Gasteiger partial charge in [-0.2, -0.15) is 0 Å². The van der Waals surface area contributed by atoms with Crippen LogP contribution in [0.3, 0.4) is 0 Å². The summed E-state index contributed by atoms with van der Waals surface area (Å²) in [6.45, 7) is 1.96. The van der Waals surface area contributed by atoms with Gasteiger partial charge in [0.05, 0.1) is 11.9 Å². The van der Waals surface area contributed by atoms with E-state index in [1.165, 1.54) is 0 Å². The van der Waals surface area contributed by atoms with Crippen LogP contribution in [0.1, 0.15) is 18.4 Å². The van der Waals surface area contributed by atoms with Crippen LogP contribution in [0.2, 0.25) is 5.02 Å². The van der Waals surface area contributed by atoms with Crippen molar-refractivity contribution in [2.24, 2.45) is 5.92 Å². The lowest BCUT2D eigenvalue weighted by atomic mass is 10.2. The van der Waals surface area contributed by atoms with Crippen LogP contribution in [-0.2, 0) is 4.79 Å². The minimum atomic E-state index is 0.0638. The van der Waals surface area contributed by atoms with Crippen molar-refractivity contribution < 1.29 is 4.79 Å². The molecule has 0 aliphatic heterocycles. The molecule has 3 rings (SSSR count). The van der Waals surface area contributed by atoms with Crippen molar-refractivity contribution in [1.29, 1.82) is 0 Å². The molecule has 0 saturated heterocycles. The van der Waals surface area contributed by atoms with Crippen LogP contribution < -0.4 is 10.6 Å². The summed E-state index contributed by atoms with van der Waals surface area (Å²) in [4.78, 5) is 15.9. The fourth-order valence-corrected chi connectivity index (χ4v) is 2.19.